The van der Waals surface area contributed by atoms with E-state index in [0.29, 0.717) is 10.2 Å². The standard InChI is InChI=1S/C12H9BrF2N4O/c1-12(7-2-6(13)3-8(14)10(7)15)5-19-9(4-16-18-19)11(20)17-12/h2-4H,5H2,1H3,(H,17,20). The first-order chi connectivity index (χ1) is 9.40. The van der Waals surface area contributed by atoms with Crippen molar-refractivity contribution in [2.75, 3.05) is 0 Å². The molecule has 5 nitrogen and oxygen atoms in total. The summed E-state index contributed by atoms with van der Waals surface area (Å²) in [6, 6.07) is 2.48. The maximum atomic E-state index is 14.0. The second kappa shape index (κ2) is 4.34. The topological polar surface area (TPSA) is 59.8 Å². The third kappa shape index (κ3) is 1.91. The minimum Gasteiger partial charge on any atom is -0.339 e. The van der Waals surface area contributed by atoms with Crippen LogP contribution in [-0.4, -0.2) is 20.9 Å². The van der Waals surface area contributed by atoms with Gasteiger partial charge in [-0.05, 0) is 19.1 Å². The Morgan fingerprint density at radius 2 is 2.20 bits per heavy atom. The van der Waals surface area contributed by atoms with E-state index in [2.05, 4.69) is 31.6 Å². The Labute approximate surface area is 121 Å². The minimum absolute atomic E-state index is 0.0545. The Bertz CT molecular complexity index is 717. The van der Waals surface area contributed by atoms with Crippen molar-refractivity contribution in [1.82, 2.24) is 20.3 Å². The molecule has 2 aromatic rings. The van der Waals surface area contributed by atoms with Crippen LogP contribution in [0.25, 0.3) is 0 Å². The van der Waals surface area contributed by atoms with Gasteiger partial charge in [-0.25, -0.2) is 13.5 Å². The fourth-order valence-electron chi connectivity index (χ4n) is 2.31. The van der Waals surface area contributed by atoms with Crippen LogP contribution in [0, 0.1) is 11.6 Å². The normalized spacial score (nSPS) is 21.5. The SMILES string of the molecule is CC1(c2cc(Br)cc(F)c2F)Cn2nncc2C(=O)N1. The van der Waals surface area contributed by atoms with Crippen molar-refractivity contribution < 1.29 is 13.6 Å². The molecular weight excluding hydrogens is 334 g/mol. The van der Waals surface area contributed by atoms with Crippen molar-refractivity contribution >= 4 is 21.8 Å². The van der Waals surface area contributed by atoms with Gasteiger partial charge in [-0.1, -0.05) is 21.1 Å². The van der Waals surface area contributed by atoms with Crippen molar-refractivity contribution in [1.29, 1.82) is 0 Å². The van der Waals surface area contributed by atoms with Gasteiger partial charge in [0, 0.05) is 10.0 Å². The Morgan fingerprint density at radius 3 is 2.95 bits per heavy atom. The maximum Gasteiger partial charge on any atom is 0.271 e. The number of benzene rings is 1. The Kier molecular flexibility index (Phi) is 2.86. The molecular formula is C12H9BrF2N4O. The van der Waals surface area contributed by atoms with Gasteiger partial charge in [0.05, 0.1) is 18.3 Å². The number of nitrogens with one attached hydrogen (secondary N) is 1. The van der Waals surface area contributed by atoms with Gasteiger partial charge in [0.15, 0.2) is 11.6 Å². The van der Waals surface area contributed by atoms with E-state index in [1.54, 1.807) is 6.92 Å². The van der Waals surface area contributed by atoms with Crippen LogP contribution in [0.3, 0.4) is 0 Å². The number of rotatable bonds is 1. The summed E-state index contributed by atoms with van der Waals surface area (Å²) in [6.45, 7) is 1.78. The zero-order chi connectivity index (χ0) is 14.5. The Morgan fingerprint density at radius 1 is 1.45 bits per heavy atom. The fraction of sp³-hybridized carbons (Fsp3) is 0.250. The number of amides is 1. The van der Waals surface area contributed by atoms with Crippen LogP contribution in [0.4, 0.5) is 8.78 Å². The van der Waals surface area contributed by atoms with Crippen molar-refractivity contribution in [3.63, 3.8) is 0 Å². The van der Waals surface area contributed by atoms with E-state index in [1.165, 1.54) is 16.9 Å². The molecule has 20 heavy (non-hydrogen) atoms. The van der Waals surface area contributed by atoms with Gasteiger partial charge in [0.1, 0.15) is 5.69 Å². The highest BCUT2D eigenvalue weighted by Gasteiger charge is 2.39. The molecule has 1 amide bonds. The lowest BCUT2D eigenvalue weighted by Crippen LogP contribution is -2.52. The van der Waals surface area contributed by atoms with Gasteiger partial charge in [-0.2, -0.15) is 0 Å². The highest BCUT2D eigenvalue weighted by atomic mass is 79.9. The largest absolute Gasteiger partial charge is 0.339 e. The molecule has 1 atom stereocenters. The third-order valence-corrected chi connectivity index (χ3v) is 3.75. The summed E-state index contributed by atoms with van der Waals surface area (Å²) in [7, 11) is 0. The van der Waals surface area contributed by atoms with E-state index < -0.39 is 23.1 Å². The van der Waals surface area contributed by atoms with E-state index in [1.807, 2.05) is 0 Å². The molecule has 2 heterocycles. The predicted molar refractivity (Wildman–Crippen MR) is 68.9 cm³/mol. The molecule has 0 fully saturated rings. The molecule has 1 aliphatic heterocycles. The van der Waals surface area contributed by atoms with Crippen LogP contribution in [0.2, 0.25) is 0 Å². The van der Waals surface area contributed by atoms with Gasteiger partial charge >= 0.3 is 0 Å². The van der Waals surface area contributed by atoms with Crippen LogP contribution in [0.15, 0.2) is 22.8 Å². The first kappa shape index (κ1) is 13.2. The van der Waals surface area contributed by atoms with Gasteiger partial charge in [-0.3, -0.25) is 4.79 Å². The zero-order valence-corrected chi connectivity index (χ0v) is 11.9. The summed E-state index contributed by atoms with van der Waals surface area (Å²) in [5, 5.41) is 10.1. The van der Waals surface area contributed by atoms with Gasteiger partial charge in [0.2, 0.25) is 0 Å². The number of nitrogens with zero attached hydrogens (tertiary/aromatic N) is 3. The Hall–Kier alpha value is -1.83. The molecule has 0 bridgehead atoms. The molecule has 0 saturated carbocycles. The monoisotopic (exact) mass is 342 g/mol. The lowest BCUT2D eigenvalue weighted by Gasteiger charge is -2.35. The van der Waals surface area contributed by atoms with Gasteiger partial charge in [-0.15, -0.1) is 5.10 Å². The van der Waals surface area contributed by atoms with Crippen LogP contribution >= 0.6 is 15.9 Å². The van der Waals surface area contributed by atoms with E-state index in [-0.39, 0.29) is 12.1 Å². The summed E-state index contributed by atoms with van der Waals surface area (Å²) in [4.78, 5) is 12.0. The number of fused-ring (bicyclic) bond motifs is 1. The van der Waals surface area contributed by atoms with Crippen LogP contribution in [-0.2, 0) is 12.1 Å². The number of hydrogen-bond donors (Lipinski definition) is 1. The fourth-order valence-corrected chi connectivity index (χ4v) is 2.74. The average Bonchev–Trinajstić information content (AvgIpc) is 2.81. The quantitative estimate of drug-likeness (QED) is 0.806. The first-order valence-electron chi connectivity index (χ1n) is 5.77. The molecule has 0 saturated heterocycles. The number of halogens is 3. The van der Waals surface area contributed by atoms with Crippen molar-refractivity contribution in [3.05, 3.63) is 45.7 Å². The van der Waals surface area contributed by atoms with Crippen LogP contribution in [0.1, 0.15) is 23.0 Å². The number of carbonyl (C=O) groups excluding carboxylic acids is 1. The number of aromatic nitrogens is 3. The zero-order valence-electron chi connectivity index (χ0n) is 10.3. The highest BCUT2D eigenvalue weighted by molar-refractivity contribution is 9.10. The third-order valence-electron chi connectivity index (χ3n) is 3.29. The lowest BCUT2D eigenvalue weighted by atomic mass is 9.89. The molecule has 0 spiro atoms. The maximum absolute atomic E-state index is 14.0. The second-order valence-electron chi connectivity index (χ2n) is 4.81. The molecule has 3 rings (SSSR count). The van der Waals surface area contributed by atoms with Crippen LogP contribution in [0.5, 0.6) is 0 Å². The van der Waals surface area contributed by atoms with Crippen molar-refractivity contribution in [3.8, 4) is 0 Å². The summed E-state index contributed by atoms with van der Waals surface area (Å²) in [6.07, 6.45) is 1.33. The molecule has 0 aliphatic carbocycles. The summed E-state index contributed by atoms with van der Waals surface area (Å²) < 4.78 is 29.4. The summed E-state index contributed by atoms with van der Waals surface area (Å²) in [5.41, 5.74) is -0.760. The second-order valence-corrected chi connectivity index (χ2v) is 5.73. The van der Waals surface area contributed by atoms with Crippen molar-refractivity contribution in [2.45, 2.75) is 19.0 Å². The van der Waals surface area contributed by atoms with E-state index in [4.69, 9.17) is 0 Å². The molecule has 1 aromatic heterocycles. The average molecular weight is 343 g/mol. The lowest BCUT2D eigenvalue weighted by molar-refractivity contribution is 0.0835. The van der Waals surface area contributed by atoms with Gasteiger partial charge in [0.25, 0.3) is 5.91 Å². The molecule has 1 N–H and O–H groups in total. The van der Waals surface area contributed by atoms with E-state index >= 15 is 0 Å². The van der Waals surface area contributed by atoms with E-state index in [9.17, 15) is 13.6 Å². The van der Waals surface area contributed by atoms with Crippen molar-refractivity contribution in [2.24, 2.45) is 0 Å². The number of carbonyl (C=O) groups is 1. The van der Waals surface area contributed by atoms with Gasteiger partial charge < -0.3 is 5.32 Å². The molecule has 1 unspecified atom stereocenters. The van der Waals surface area contributed by atoms with Crippen LogP contribution < -0.4 is 5.32 Å². The molecule has 1 aliphatic rings. The molecule has 104 valence electrons. The smallest absolute Gasteiger partial charge is 0.271 e. The Balaban J connectivity index is 2.13. The summed E-state index contributed by atoms with van der Waals surface area (Å²) in [5.74, 6) is -2.39. The number of hydrogen-bond acceptors (Lipinski definition) is 3. The molecule has 0 radical (unpaired) electrons. The van der Waals surface area contributed by atoms with E-state index in [0.717, 1.165) is 6.07 Å². The predicted octanol–water partition coefficient (Wildman–Crippen LogP) is 1.98. The first-order valence-corrected chi connectivity index (χ1v) is 6.56. The minimum atomic E-state index is -1.10. The highest BCUT2D eigenvalue weighted by Crippen LogP contribution is 2.32. The molecule has 8 heteroatoms. The summed E-state index contributed by atoms with van der Waals surface area (Å²) >= 11 is 3.12. The molecule has 1 aromatic carbocycles.